The van der Waals surface area contributed by atoms with E-state index in [2.05, 4.69) is 57.2 Å². The number of hydrogen-bond donors (Lipinski definition) is 1. The number of hydrogen-bond acceptors (Lipinski definition) is 5. The van der Waals surface area contributed by atoms with Gasteiger partial charge in [0, 0.05) is 70.3 Å². The van der Waals surface area contributed by atoms with Crippen LogP contribution in [-0.4, -0.2) is 63.2 Å². The van der Waals surface area contributed by atoms with Crippen LogP contribution in [0.1, 0.15) is 55.2 Å². The third kappa shape index (κ3) is 8.99. The molecule has 0 spiro atoms. The maximum atomic E-state index is 13.3. The summed E-state index contributed by atoms with van der Waals surface area (Å²) in [7, 11) is 0. The number of rotatable bonds is 9. The summed E-state index contributed by atoms with van der Waals surface area (Å²) in [5.74, 6) is 1.19. The molecule has 0 saturated carbocycles. The van der Waals surface area contributed by atoms with Crippen LogP contribution in [0.3, 0.4) is 0 Å². The monoisotopic (exact) mass is 518 g/mol. The number of carbonyl (C=O) groups is 1. The minimum atomic E-state index is 0.194. The summed E-state index contributed by atoms with van der Waals surface area (Å²) in [5.41, 5.74) is 3.66. The molecule has 0 fully saturated rings. The van der Waals surface area contributed by atoms with Gasteiger partial charge in [-0.05, 0) is 55.7 Å². The Kier molecular flexibility index (Phi) is 11.2. The fourth-order valence-electron chi connectivity index (χ4n) is 5.01. The number of benzene rings is 2. The molecular formula is C31H42N4O3. The zero-order chi connectivity index (χ0) is 26.4. The second-order valence-electron chi connectivity index (χ2n) is 10.2. The van der Waals surface area contributed by atoms with Gasteiger partial charge in [-0.1, -0.05) is 42.5 Å². The van der Waals surface area contributed by atoms with Crippen molar-refractivity contribution in [1.29, 1.82) is 0 Å². The maximum Gasteiger partial charge on any atom is 0.222 e. The first-order valence-corrected chi connectivity index (χ1v) is 14.1. The summed E-state index contributed by atoms with van der Waals surface area (Å²) < 4.78 is 8.29. The molecule has 4 rings (SSSR count). The number of aromatic nitrogens is 2. The standard InChI is InChI=1S/C31H42N4O3/c36-21-8-11-27-13-14-30-29(23-27)25-34(24-28-9-3-1-4-10-28)19-20-35(17-5-2-6-22-38-30)31(37)12-7-16-33-18-15-32-26-33/h1,3-4,9-10,13-15,18,23,26,36H,2,5-8,11-12,16-17,19-22,24-25H2. The zero-order valence-corrected chi connectivity index (χ0v) is 22.5. The van der Waals surface area contributed by atoms with Crippen molar-refractivity contribution in [1.82, 2.24) is 19.4 Å². The van der Waals surface area contributed by atoms with Gasteiger partial charge in [-0.15, -0.1) is 0 Å². The molecule has 0 unspecified atom stereocenters. The van der Waals surface area contributed by atoms with Crippen molar-refractivity contribution < 1.29 is 14.6 Å². The molecule has 1 aliphatic heterocycles. The van der Waals surface area contributed by atoms with Crippen LogP contribution in [-0.2, 0) is 30.8 Å². The van der Waals surface area contributed by atoms with Crippen LogP contribution in [0.15, 0.2) is 67.3 Å². The largest absolute Gasteiger partial charge is 0.493 e. The van der Waals surface area contributed by atoms with Gasteiger partial charge in [0.05, 0.1) is 12.9 Å². The number of nitrogens with zero attached hydrogens (tertiary/aromatic N) is 4. The number of aliphatic hydroxyl groups is 1. The summed E-state index contributed by atoms with van der Waals surface area (Å²) in [4.78, 5) is 21.9. The molecular weight excluding hydrogens is 476 g/mol. The molecule has 1 N–H and O–H groups in total. The van der Waals surface area contributed by atoms with E-state index in [0.29, 0.717) is 13.0 Å². The van der Waals surface area contributed by atoms with Crippen LogP contribution in [0.4, 0.5) is 0 Å². The number of fused-ring (bicyclic) bond motifs is 1. The number of imidazole rings is 1. The zero-order valence-electron chi connectivity index (χ0n) is 22.5. The Hall–Kier alpha value is -3.16. The number of amides is 1. The average molecular weight is 519 g/mol. The molecule has 0 aliphatic carbocycles. The van der Waals surface area contributed by atoms with Crippen molar-refractivity contribution in [3.8, 4) is 5.75 Å². The molecule has 7 nitrogen and oxygen atoms in total. The molecule has 2 heterocycles. The van der Waals surface area contributed by atoms with Gasteiger partial charge in [-0.3, -0.25) is 9.69 Å². The lowest BCUT2D eigenvalue weighted by atomic mass is 10.0. The van der Waals surface area contributed by atoms with E-state index >= 15 is 0 Å². The fraction of sp³-hybridized carbons (Fsp3) is 0.484. The van der Waals surface area contributed by atoms with Gasteiger partial charge in [0.15, 0.2) is 0 Å². The van der Waals surface area contributed by atoms with E-state index in [-0.39, 0.29) is 12.5 Å². The number of carbonyl (C=O) groups excluding carboxylic acids is 1. The van der Waals surface area contributed by atoms with E-state index in [4.69, 9.17) is 4.74 Å². The summed E-state index contributed by atoms with van der Waals surface area (Å²) in [6.45, 7) is 5.55. The van der Waals surface area contributed by atoms with Crippen molar-refractivity contribution in [2.24, 2.45) is 0 Å². The second-order valence-corrected chi connectivity index (χ2v) is 10.2. The van der Waals surface area contributed by atoms with E-state index in [0.717, 1.165) is 83.5 Å². The Balaban J connectivity index is 1.49. The average Bonchev–Trinajstić information content (AvgIpc) is 3.45. The highest BCUT2D eigenvalue weighted by Crippen LogP contribution is 2.25. The van der Waals surface area contributed by atoms with Crippen LogP contribution in [0.25, 0.3) is 0 Å². The third-order valence-corrected chi connectivity index (χ3v) is 7.13. The molecule has 1 aromatic heterocycles. The third-order valence-electron chi connectivity index (χ3n) is 7.13. The van der Waals surface area contributed by atoms with Crippen molar-refractivity contribution in [2.45, 2.75) is 64.6 Å². The summed E-state index contributed by atoms with van der Waals surface area (Å²) in [6.07, 6.45) is 11.5. The first-order chi connectivity index (χ1) is 18.7. The second kappa shape index (κ2) is 15.3. The summed E-state index contributed by atoms with van der Waals surface area (Å²) in [6, 6.07) is 17.0. The van der Waals surface area contributed by atoms with Gasteiger partial charge >= 0.3 is 0 Å². The Labute approximate surface area is 227 Å². The maximum absolute atomic E-state index is 13.3. The van der Waals surface area contributed by atoms with Crippen LogP contribution >= 0.6 is 0 Å². The lowest BCUT2D eigenvalue weighted by Crippen LogP contribution is -2.39. The van der Waals surface area contributed by atoms with Crippen LogP contribution < -0.4 is 4.74 Å². The van der Waals surface area contributed by atoms with E-state index in [1.54, 1.807) is 12.5 Å². The number of ether oxygens (including phenoxy) is 1. The number of aliphatic hydroxyl groups excluding tert-OH is 1. The molecule has 3 aromatic rings. The highest BCUT2D eigenvalue weighted by molar-refractivity contribution is 5.76. The van der Waals surface area contributed by atoms with Crippen LogP contribution in [0.5, 0.6) is 5.75 Å². The van der Waals surface area contributed by atoms with Gasteiger partial charge in [-0.25, -0.2) is 4.98 Å². The Morgan fingerprint density at radius 2 is 1.87 bits per heavy atom. The van der Waals surface area contributed by atoms with Gasteiger partial charge in [0.2, 0.25) is 5.91 Å². The lowest BCUT2D eigenvalue weighted by Gasteiger charge is -2.28. The predicted molar refractivity (Wildman–Crippen MR) is 150 cm³/mol. The highest BCUT2D eigenvalue weighted by Gasteiger charge is 2.18. The molecule has 0 saturated heterocycles. The van der Waals surface area contributed by atoms with Gasteiger partial charge < -0.3 is 19.3 Å². The molecule has 0 atom stereocenters. The molecule has 1 aliphatic rings. The smallest absolute Gasteiger partial charge is 0.222 e. The Bertz CT molecular complexity index is 1090. The van der Waals surface area contributed by atoms with Crippen molar-refractivity contribution in [2.75, 3.05) is 32.8 Å². The Morgan fingerprint density at radius 1 is 0.974 bits per heavy atom. The van der Waals surface area contributed by atoms with E-state index in [9.17, 15) is 9.90 Å². The predicted octanol–water partition coefficient (Wildman–Crippen LogP) is 4.68. The summed E-state index contributed by atoms with van der Waals surface area (Å²) >= 11 is 0. The van der Waals surface area contributed by atoms with Crippen molar-refractivity contribution in [3.63, 3.8) is 0 Å². The van der Waals surface area contributed by atoms with Crippen molar-refractivity contribution >= 4 is 5.91 Å². The SMILES string of the molecule is O=C(CCCn1ccnc1)N1CCCCCOc2ccc(CCCO)cc2CN(Cc2ccccc2)CC1. The normalized spacial score (nSPS) is 15.6. The first kappa shape index (κ1) is 27.9. The minimum Gasteiger partial charge on any atom is -0.493 e. The van der Waals surface area contributed by atoms with Crippen molar-refractivity contribution in [3.05, 3.63) is 83.9 Å². The van der Waals surface area contributed by atoms with Gasteiger partial charge in [0.1, 0.15) is 5.75 Å². The van der Waals surface area contributed by atoms with Crippen LogP contribution in [0.2, 0.25) is 0 Å². The molecule has 204 valence electrons. The molecule has 1 amide bonds. The molecule has 0 radical (unpaired) electrons. The summed E-state index contributed by atoms with van der Waals surface area (Å²) in [5, 5.41) is 9.31. The molecule has 0 bridgehead atoms. The highest BCUT2D eigenvalue weighted by atomic mass is 16.5. The fourth-order valence-corrected chi connectivity index (χ4v) is 5.01. The number of aryl methyl sites for hydroxylation is 2. The topological polar surface area (TPSA) is 70.8 Å². The first-order valence-electron chi connectivity index (χ1n) is 14.1. The molecule has 38 heavy (non-hydrogen) atoms. The quantitative estimate of drug-likeness (QED) is 0.445. The van der Waals surface area contributed by atoms with E-state index in [1.165, 1.54) is 16.7 Å². The van der Waals surface area contributed by atoms with E-state index in [1.807, 2.05) is 16.8 Å². The van der Waals surface area contributed by atoms with Gasteiger partial charge in [0.25, 0.3) is 0 Å². The van der Waals surface area contributed by atoms with Gasteiger partial charge in [-0.2, -0.15) is 0 Å². The lowest BCUT2D eigenvalue weighted by molar-refractivity contribution is -0.131. The van der Waals surface area contributed by atoms with Crippen LogP contribution in [0, 0.1) is 0 Å². The molecule has 7 heteroatoms. The minimum absolute atomic E-state index is 0.194. The molecule has 2 aromatic carbocycles. The van der Waals surface area contributed by atoms with E-state index < -0.39 is 0 Å². The Morgan fingerprint density at radius 3 is 2.68 bits per heavy atom.